The van der Waals surface area contributed by atoms with E-state index in [1.165, 1.54) is 56.9 Å². The van der Waals surface area contributed by atoms with Gasteiger partial charge in [0.05, 0.1) is 0 Å². The van der Waals surface area contributed by atoms with Crippen LogP contribution < -0.4 is 0 Å². The fourth-order valence-corrected chi connectivity index (χ4v) is 3.03. The van der Waals surface area contributed by atoms with Crippen molar-refractivity contribution < 1.29 is 0 Å². The molecule has 3 aliphatic carbocycles. The zero-order chi connectivity index (χ0) is 20.4. The summed E-state index contributed by atoms with van der Waals surface area (Å²) in [5.41, 5.74) is 3.66. The molecular formula is C26H48. The zero-order valence-corrected chi connectivity index (χ0v) is 19.3. The number of unbranched alkanes of at least 4 members (excludes halogenated alkanes) is 3. The van der Waals surface area contributed by atoms with E-state index in [0.29, 0.717) is 5.41 Å². The van der Waals surface area contributed by atoms with Crippen LogP contribution in [-0.4, -0.2) is 0 Å². The first-order valence-corrected chi connectivity index (χ1v) is 11.3. The van der Waals surface area contributed by atoms with E-state index >= 15 is 0 Å². The summed E-state index contributed by atoms with van der Waals surface area (Å²) in [6, 6.07) is 0. The minimum atomic E-state index is 0.599. The minimum Gasteiger partial charge on any atom is -0.0988 e. The normalized spacial score (nSPS) is 23.2. The second-order valence-corrected chi connectivity index (χ2v) is 6.91. The molecule has 0 aromatic carbocycles. The maximum absolute atomic E-state index is 3.74. The van der Waals surface area contributed by atoms with Crippen molar-refractivity contribution in [2.75, 3.05) is 0 Å². The Labute approximate surface area is 166 Å². The lowest BCUT2D eigenvalue weighted by atomic mass is 9.86. The third-order valence-electron chi connectivity index (χ3n) is 5.07. The van der Waals surface area contributed by atoms with E-state index in [0.717, 1.165) is 5.92 Å². The monoisotopic (exact) mass is 360 g/mol. The standard InChI is InChI=1S/C8H10.C8H12.C6H14.2C2H6/c1-3-6-4-7-5-8(6,7)2;1-2-8-6-4-3-5-7-8;1-3-5-6-4-2;2*1-2/h3-4,7H,1,5H2,2H3;3-4,6H,2,5,7H2,1H3;3-6H2,1-2H3;2*1-2H3/t7?,8-;;;;/m0..../s1. The third kappa shape index (κ3) is 10.2. The van der Waals surface area contributed by atoms with Crippen molar-refractivity contribution in [2.45, 2.75) is 107 Å². The fraction of sp³-hybridized carbons (Fsp3) is 0.692. The number of rotatable bonds is 5. The van der Waals surface area contributed by atoms with Crippen LogP contribution in [0.5, 0.6) is 0 Å². The highest BCUT2D eigenvalue weighted by Crippen LogP contribution is 2.66. The lowest BCUT2D eigenvalue weighted by Crippen LogP contribution is -2.08. The average molecular weight is 361 g/mol. The van der Waals surface area contributed by atoms with Crippen LogP contribution in [0.2, 0.25) is 0 Å². The molecule has 0 heteroatoms. The smallest absolute Gasteiger partial charge is 0.000937 e. The molecule has 0 saturated heterocycles. The average Bonchev–Trinajstić information content (AvgIpc) is 3.26. The first-order chi connectivity index (χ1) is 12.6. The van der Waals surface area contributed by atoms with Crippen molar-refractivity contribution in [1.29, 1.82) is 0 Å². The van der Waals surface area contributed by atoms with Gasteiger partial charge in [-0.25, -0.2) is 0 Å². The lowest BCUT2D eigenvalue weighted by molar-refractivity contribution is 0.605. The maximum Gasteiger partial charge on any atom is -0.000937 e. The Kier molecular flexibility index (Phi) is 18.2. The Morgan fingerprint density at radius 2 is 1.65 bits per heavy atom. The summed E-state index contributed by atoms with van der Waals surface area (Å²) in [5.74, 6) is 0.926. The Morgan fingerprint density at radius 3 is 1.85 bits per heavy atom. The van der Waals surface area contributed by atoms with Crippen LogP contribution in [-0.2, 0) is 0 Å². The molecule has 0 N–H and O–H groups in total. The van der Waals surface area contributed by atoms with Crippen molar-refractivity contribution in [2.24, 2.45) is 11.3 Å². The van der Waals surface area contributed by atoms with Gasteiger partial charge in [0.15, 0.2) is 0 Å². The van der Waals surface area contributed by atoms with Crippen LogP contribution in [0.1, 0.15) is 107 Å². The van der Waals surface area contributed by atoms with E-state index in [1.807, 2.05) is 33.8 Å². The number of hydrogen-bond donors (Lipinski definition) is 0. The molecule has 1 unspecified atom stereocenters. The second kappa shape index (κ2) is 17.4. The molecule has 3 rings (SSSR count). The Bertz CT molecular complexity index is 417. The van der Waals surface area contributed by atoms with Crippen LogP contribution in [0, 0.1) is 11.3 Å². The lowest BCUT2D eigenvalue weighted by Gasteiger charge is -2.19. The minimum absolute atomic E-state index is 0.599. The molecule has 2 atom stereocenters. The van der Waals surface area contributed by atoms with Crippen molar-refractivity contribution in [1.82, 2.24) is 0 Å². The van der Waals surface area contributed by atoms with E-state index in [1.54, 1.807) is 5.57 Å². The highest BCUT2D eigenvalue weighted by Gasteiger charge is 2.57. The van der Waals surface area contributed by atoms with Gasteiger partial charge < -0.3 is 0 Å². The van der Waals surface area contributed by atoms with Gasteiger partial charge in [-0.15, -0.1) is 0 Å². The van der Waals surface area contributed by atoms with Gasteiger partial charge in [0.25, 0.3) is 0 Å². The van der Waals surface area contributed by atoms with E-state index in [2.05, 4.69) is 58.6 Å². The van der Waals surface area contributed by atoms with Crippen LogP contribution in [0.25, 0.3) is 0 Å². The fourth-order valence-electron chi connectivity index (χ4n) is 3.03. The SMILES string of the molecule is C=CC1=CC2C[C@@]12C.CC.CC.CCC1=CC=CCC1.CCCCCC. The largest absolute Gasteiger partial charge is 0.0988 e. The highest BCUT2D eigenvalue weighted by atomic mass is 14.6. The summed E-state index contributed by atoms with van der Waals surface area (Å²) >= 11 is 0. The van der Waals surface area contributed by atoms with E-state index in [9.17, 15) is 0 Å². The van der Waals surface area contributed by atoms with Crippen LogP contribution >= 0.6 is 0 Å². The predicted octanol–water partition coefficient (Wildman–Crippen LogP) is 9.45. The van der Waals surface area contributed by atoms with Crippen molar-refractivity contribution in [3.63, 3.8) is 0 Å². The van der Waals surface area contributed by atoms with Crippen molar-refractivity contribution in [3.8, 4) is 0 Å². The summed E-state index contributed by atoms with van der Waals surface area (Å²) in [6.45, 7) is 20.7. The molecule has 0 heterocycles. The Hall–Kier alpha value is -1.04. The first kappa shape index (κ1) is 27.2. The van der Waals surface area contributed by atoms with Gasteiger partial charge >= 0.3 is 0 Å². The molecule has 0 radical (unpaired) electrons. The number of allylic oxidation sites excluding steroid dienone is 7. The van der Waals surface area contributed by atoms with Gasteiger partial charge in [0.1, 0.15) is 0 Å². The van der Waals surface area contributed by atoms with Gasteiger partial charge in [-0.05, 0) is 42.6 Å². The van der Waals surface area contributed by atoms with Gasteiger partial charge in [0, 0.05) is 0 Å². The summed E-state index contributed by atoms with van der Waals surface area (Å²) in [7, 11) is 0. The summed E-state index contributed by atoms with van der Waals surface area (Å²) in [5, 5.41) is 0. The molecule has 1 fully saturated rings. The maximum atomic E-state index is 3.74. The van der Waals surface area contributed by atoms with Gasteiger partial charge in [-0.3, -0.25) is 0 Å². The quantitative estimate of drug-likeness (QED) is 0.428. The van der Waals surface area contributed by atoms with E-state index in [4.69, 9.17) is 0 Å². The summed E-state index contributed by atoms with van der Waals surface area (Å²) in [4.78, 5) is 0. The molecule has 1 saturated carbocycles. The second-order valence-electron chi connectivity index (χ2n) is 6.91. The van der Waals surface area contributed by atoms with E-state index in [-0.39, 0.29) is 0 Å². The molecule has 0 bridgehead atoms. The van der Waals surface area contributed by atoms with Crippen LogP contribution in [0.3, 0.4) is 0 Å². The topological polar surface area (TPSA) is 0 Å². The first-order valence-electron chi connectivity index (χ1n) is 11.3. The molecule has 3 aliphatic rings. The molecule has 0 spiro atoms. The molecule has 152 valence electrons. The summed E-state index contributed by atoms with van der Waals surface area (Å²) in [6.07, 6.45) is 21.6. The third-order valence-corrected chi connectivity index (χ3v) is 5.07. The predicted molar refractivity (Wildman–Crippen MR) is 124 cm³/mol. The number of fused-ring (bicyclic) bond motifs is 1. The van der Waals surface area contributed by atoms with Gasteiger partial charge in [-0.2, -0.15) is 0 Å². The highest BCUT2D eigenvalue weighted by molar-refractivity contribution is 5.45. The Balaban J connectivity index is 0. The molecule has 0 aromatic rings. The molecule has 0 amide bonds. The van der Waals surface area contributed by atoms with Crippen LogP contribution in [0.15, 0.2) is 48.1 Å². The zero-order valence-electron chi connectivity index (χ0n) is 19.3. The van der Waals surface area contributed by atoms with Crippen molar-refractivity contribution >= 4 is 0 Å². The van der Waals surface area contributed by atoms with Crippen molar-refractivity contribution in [3.05, 3.63) is 48.1 Å². The van der Waals surface area contributed by atoms with Crippen LogP contribution in [0.4, 0.5) is 0 Å². The van der Waals surface area contributed by atoms with Gasteiger partial charge in [-0.1, -0.05) is 124 Å². The molecule has 0 aromatic heterocycles. The molecule has 0 nitrogen and oxygen atoms in total. The van der Waals surface area contributed by atoms with Gasteiger partial charge in [0.2, 0.25) is 0 Å². The molecule has 26 heavy (non-hydrogen) atoms. The summed E-state index contributed by atoms with van der Waals surface area (Å²) < 4.78 is 0. The number of hydrogen-bond acceptors (Lipinski definition) is 0. The Morgan fingerprint density at radius 1 is 1.08 bits per heavy atom. The molecule has 0 aliphatic heterocycles. The molecular weight excluding hydrogens is 312 g/mol. The van der Waals surface area contributed by atoms with E-state index < -0.39 is 0 Å².